The van der Waals surface area contributed by atoms with Crippen LogP contribution < -0.4 is 0 Å². The number of thioether (sulfide) groups is 1. The van der Waals surface area contributed by atoms with Crippen molar-refractivity contribution in [3.05, 3.63) is 71.8 Å². The Morgan fingerprint density at radius 2 is 1.42 bits per heavy atom. The fourth-order valence-corrected chi connectivity index (χ4v) is 2.74. The minimum absolute atomic E-state index is 0.791. The van der Waals surface area contributed by atoms with Gasteiger partial charge in [-0.1, -0.05) is 60.7 Å². The van der Waals surface area contributed by atoms with Crippen molar-refractivity contribution >= 4 is 16.8 Å². The van der Waals surface area contributed by atoms with Crippen molar-refractivity contribution in [3.8, 4) is 0 Å². The van der Waals surface area contributed by atoms with Gasteiger partial charge in [0.2, 0.25) is 0 Å². The van der Waals surface area contributed by atoms with Crippen molar-refractivity contribution < 1.29 is 0 Å². The molecule has 2 heteroatoms. The lowest BCUT2D eigenvalue weighted by Gasteiger charge is -2.04. The van der Waals surface area contributed by atoms with E-state index in [1.807, 2.05) is 12.1 Å². The summed E-state index contributed by atoms with van der Waals surface area (Å²) in [7, 11) is 0. The standard InChI is InChI=1S/C17H19NS/c18-17(19-14-16-10-5-2-6-11-16)13-7-12-15-8-3-1-4-9-15/h1-6,8-11,18H,7,12-14H2. The normalized spacial score (nSPS) is 10.3. The number of nitrogens with one attached hydrogen (secondary N) is 1. The van der Waals surface area contributed by atoms with Gasteiger partial charge in [0, 0.05) is 5.75 Å². The summed E-state index contributed by atoms with van der Waals surface area (Å²) in [4.78, 5) is 0. The van der Waals surface area contributed by atoms with Crippen molar-refractivity contribution in [3.63, 3.8) is 0 Å². The van der Waals surface area contributed by atoms with Crippen LogP contribution in [0.15, 0.2) is 60.7 Å². The number of hydrogen-bond donors (Lipinski definition) is 1. The summed E-state index contributed by atoms with van der Waals surface area (Å²) < 4.78 is 0. The first-order chi connectivity index (χ1) is 9.34. The Kier molecular flexibility index (Phi) is 5.70. The first kappa shape index (κ1) is 13.9. The van der Waals surface area contributed by atoms with Gasteiger partial charge in [-0.15, -0.1) is 11.8 Å². The second-order valence-electron chi connectivity index (χ2n) is 4.54. The maximum absolute atomic E-state index is 7.97. The molecule has 0 radical (unpaired) electrons. The zero-order valence-electron chi connectivity index (χ0n) is 11.0. The van der Waals surface area contributed by atoms with E-state index in [-0.39, 0.29) is 0 Å². The summed E-state index contributed by atoms with van der Waals surface area (Å²) in [5.41, 5.74) is 2.66. The second kappa shape index (κ2) is 7.80. The van der Waals surface area contributed by atoms with Crippen LogP contribution in [-0.2, 0) is 12.2 Å². The second-order valence-corrected chi connectivity index (χ2v) is 5.61. The fourth-order valence-electron chi connectivity index (χ4n) is 1.91. The highest BCUT2D eigenvalue weighted by molar-refractivity contribution is 8.13. The Hall–Kier alpha value is -1.54. The van der Waals surface area contributed by atoms with E-state index in [0.717, 1.165) is 30.1 Å². The van der Waals surface area contributed by atoms with E-state index in [2.05, 4.69) is 48.5 Å². The van der Waals surface area contributed by atoms with E-state index in [1.165, 1.54) is 11.1 Å². The number of benzene rings is 2. The van der Waals surface area contributed by atoms with E-state index in [4.69, 9.17) is 5.41 Å². The summed E-state index contributed by atoms with van der Waals surface area (Å²) in [5, 5.41) is 8.76. The Labute approximate surface area is 119 Å². The smallest absolute Gasteiger partial charge is 0.0644 e. The van der Waals surface area contributed by atoms with E-state index >= 15 is 0 Å². The highest BCUT2D eigenvalue weighted by Crippen LogP contribution is 2.16. The van der Waals surface area contributed by atoms with Crippen LogP contribution in [0.25, 0.3) is 0 Å². The van der Waals surface area contributed by atoms with Crippen LogP contribution in [0.3, 0.4) is 0 Å². The average molecular weight is 269 g/mol. The van der Waals surface area contributed by atoms with Crippen molar-refractivity contribution in [2.24, 2.45) is 0 Å². The minimum Gasteiger partial charge on any atom is -0.298 e. The third-order valence-electron chi connectivity index (χ3n) is 2.97. The molecule has 19 heavy (non-hydrogen) atoms. The molecule has 0 saturated carbocycles. The van der Waals surface area contributed by atoms with Crippen LogP contribution in [0.1, 0.15) is 24.0 Å². The van der Waals surface area contributed by atoms with E-state index in [9.17, 15) is 0 Å². The minimum atomic E-state index is 0.791. The van der Waals surface area contributed by atoms with Crippen molar-refractivity contribution in [2.45, 2.75) is 25.0 Å². The Balaban J connectivity index is 1.65. The third kappa shape index (κ3) is 5.31. The van der Waals surface area contributed by atoms with Crippen molar-refractivity contribution in [1.82, 2.24) is 0 Å². The molecule has 2 rings (SSSR count). The van der Waals surface area contributed by atoms with Gasteiger partial charge in [-0.05, 0) is 30.4 Å². The molecule has 2 aromatic carbocycles. The molecule has 98 valence electrons. The highest BCUT2D eigenvalue weighted by atomic mass is 32.2. The molecule has 0 spiro atoms. The molecular formula is C17H19NS. The molecule has 0 heterocycles. The first-order valence-corrected chi connectivity index (χ1v) is 7.61. The molecule has 0 aromatic heterocycles. The summed E-state index contributed by atoms with van der Waals surface area (Å²) in [5.74, 6) is 0.908. The molecular weight excluding hydrogens is 250 g/mol. The zero-order valence-corrected chi connectivity index (χ0v) is 11.8. The number of rotatable bonds is 6. The van der Waals surface area contributed by atoms with Gasteiger partial charge in [-0.2, -0.15) is 0 Å². The number of hydrogen-bond acceptors (Lipinski definition) is 2. The molecule has 1 N–H and O–H groups in total. The molecule has 0 atom stereocenters. The van der Waals surface area contributed by atoms with Crippen molar-refractivity contribution in [2.75, 3.05) is 0 Å². The molecule has 0 aliphatic heterocycles. The topological polar surface area (TPSA) is 23.9 Å². The summed E-state index contributed by atoms with van der Waals surface area (Å²) >= 11 is 1.65. The van der Waals surface area contributed by atoms with Crippen LogP contribution in [0.2, 0.25) is 0 Å². The quantitative estimate of drug-likeness (QED) is 0.584. The predicted octanol–water partition coefficient (Wildman–Crippen LogP) is 4.92. The molecule has 0 saturated heterocycles. The van der Waals surface area contributed by atoms with Gasteiger partial charge in [0.25, 0.3) is 0 Å². The Morgan fingerprint density at radius 3 is 2.05 bits per heavy atom. The maximum Gasteiger partial charge on any atom is 0.0644 e. The van der Waals surface area contributed by atoms with Gasteiger partial charge in [-0.25, -0.2) is 0 Å². The number of aryl methyl sites for hydroxylation is 1. The maximum atomic E-state index is 7.97. The van der Waals surface area contributed by atoms with Gasteiger partial charge >= 0.3 is 0 Å². The van der Waals surface area contributed by atoms with Gasteiger partial charge in [0.05, 0.1) is 5.04 Å². The third-order valence-corrected chi connectivity index (χ3v) is 4.00. The van der Waals surface area contributed by atoms with Crippen LogP contribution in [-0.4, -0.2) is 5.04 Å². The molecule has 0 fully saturated rings. The van der Waals surface area contributed by atoms with Crippen LogP contribution >= 0.6 is 11.8 Å². The molecule has 0 amide bonds. The fraction of sp³-hybridized carbons (Fsp3) is 0.235. The van der Waals surface area contributed by atoms with E-state index in [1.54, 1.807) is 11.8 Å². The summed E-state index contributed by atoms with van der Waals surface area (Å²) in [6.45, 7) is 0. The van der Waals surface area contributed by atoms with E-state index < -0.39 is 0 Å². The SMILES string of the molecule is N=C(CCCc1ccccc1)SCc1ccccc1. The van der Waals surface area contributed by atoms with Crippen LogP contribution in [0.5, 0.6) is 0 Å². The lowest BCUT2D eigenvalue weighted by atomic mass is 10.1. The van der Waals surface area contributed by atoms with Crippen molar-refractivity contribution in [1.29, 1.82) is 5.41 Å². The molecule has 0 aliphatic carbocycles. The first-order valence-electron chi connectivity index (χ1n) is 6.62. The molecule has 2 aromatic rings. The Bertz CT molecular complexity index is 493. The summed E-state index contributed by atoms with van der Waals surface area (Å²) in [6, 6.07) is 20.9. The van der Waals surface area contributed by atoms with Crippen LogP contribution in [0, 0.1) is 5.41 Å². The summed E-state index contributed by atoms with van der Waals surface area (Å²) in [6.07, 6.45) is 3.01. The monoisotopic (exact) mass is 269 g/mol. The molecule has 1 nitrogen and oxygen atoms in total. The van der Waals surface area contributed by atoms with Crippen LogP contribution in [0.4, 0.5) is 0 Å². The average Bonchev–Trinajstić information content (AvgIpc) is 2.47. The Morgan fingerprint density at radius 1 is 0.842 bits per heavy atom. The predicted molar refractivity (Wildman–Crippen MR) is 84.8 cm³/mol. The van der Waals surface area contributed by atoms with Gasteiger partial charge in [0.15, 0.2) is 0 Å². The highest BCUT2D eigenvalue weighted by Gasteiger charge is 2.00. The van der Waals surface area contributed by atoms with Gasteiger partial charge in [-0.3, -0.25) is 5.41 Å². The zero-order chi connectivity index (χ0) is 13.3. The molecule has 0 unspecified atom stereocenters. The van der Waals surface area contributed by atoms with Gasteiger partial charge in [0.1, 0.15) is 0 Å². The molecule has 0 aliphatic rings. The molecule has 0 bridgehead atoms. The lowest BCUT2D eigenvalue weighted by Crippen LogP contribution is -1.94. The lowest BCUT2D eigenvalue weighted by molar-refractivity contribution is 0.869. The van der Waals surface area contributed by atoms with Gasteiger partial charge < -0.3 is 0 Å². The van der Waals surface area contributed by atoms with E-state index in [0.29, 0.717) is 0 Å². The largest absolute Gasteiger partial charge is 0.298 e.